The van der Waals surface area contributed by atoms with Crippen molar-refractivity contribution in [3.05, 3.63) is 0 Å². The van der Waals surface area contributed by atoms with Crippen LogP contribution in [0.4, 0.5) is 4.79 Å². The minimum Gasteiger partial charge on any atom is -0.444 e. The molecule has 0 heterocycles. The molecule has 11 heteroatoms. The minimum atomic E-state index is -0.608. The fraction of sp³-hybridized carbons (Fsp3) is 0.808. The maximum Gasteiger partial charge on any atom is 0.407 e. The molecule has 4 aliphatic carbocycles. The Balaban J connectivity index is 1.20. The van der Waals surface area contributed by atoms with Crippen molar-refractivity contribution in [1.82, 2.24) is 26.6 Å². The summed E-state index contributed by atoms with van der Waals surface area (Å²) < 4.78 is 5.28. The van der Waals surface area contributed by atoms with Crippen molar-refractivity contribution >= 4 is 29.7 Å². The number of hydrogen-bond acceptors (Lipinski definition) is 6. The molecule has 4 fully saturated rings. The van der Waals surface area contributed by atoms with Gasteiger partial charge in [-0.15, -0.1) is 0 Å². The number of carbonyl (C=O) groups is 5. The molecule has 11 nitrogen and oxygen atoms in total. The van der Waals surface area contributed by atoms with E-state index < -0.39 is 11.7 Å². The number of carbonyl (C=O) groups excluding carboxylic acids is 5. The second-order valence-electron chi connectivity index (χ2n) is 11.9. The predicted octanol–water partition coefficient (Wildman–Crippen LogP) is 0.720. The van der Waals surface area contributed by atoms with Crippen molar-refractivity contribution in [3.63, 3.8) is 0 Å². The third-order valence-electron chi connectivity index (χ3n) is 8.38. The highest BCUT2D eigenvalue weighted by Crippen LogP contribution is 2.34. The Morgan fingerprint density at radius 3 is 1.14 bits per heavy atom. The van der Waals surface area contributed by atoms with Gasteiger partial charge in [-0.25, -0.2) is 4.79 Å². The Labute approximate surface area is 218 Å². The van der Waals surface area contributed by atoms with Gasteiger partial charge < -0.3 is 31.3 Å². The molecule has 37 heavy (non-hydrogen) atoms. The summed E-state index contributed by atoms with van der Waals surface area (Å²) in [7, 11) is 1.60. The molecular weight excluding hydrogens is 478 g/mol. The van der Waals surface area contributed by atoms with Crippen LogP contribution in [0.2, 0.25) is 0 Å². The van der Waals surface area contributed by atoms with Gasteiger partial charge in [0.15, 0.2) is 0 Å². The van der Waals surface area contributed by atoms with Gasteiger partial charge in [0.2, 0.25) is 23.6 Å². The van der Waals surface area contributed by atoms with Crippen LogP contribution in [0.3, 0.4) is 0 Å². The third kappa shape index (κ3) is 6.18. The number of hydrogen-bond donors (Lipinski definition) is 5. The van der Waals surface area contributed by atoms with Crippen LogP contribution in [0.5, 0.6) is 0 Å². The SMILES string of the molecule is CNC(=O)[C@H]1CC[C@@H]1NC(=O)[C@@H]1CC[C@@H]1NC(=O)[C@@H]1CC[C@@H]1NC(=O)[C@@H]1CC[C@@H]1NC(=O)OC(C)(C)C. The highest BCUT2D eigenvalue weighted by Gasteiger charge is 2.46. The van der Waals surface area contributed by atoms with E-state index >= 15 is 0 Å². The molecule has 8 atom stereocenters. The molecule has 0 aromatic heterocycles. The zero-order chi connectivity index (χ0) is 26.9. The molecule has 0 spiro atoms. The quantitative estimate of drug-likeness (QED) is 0.318. The van der Waals surface area contributed by atoms with Crippen molar-refractivity contribution in [2.45, 2.75) is 102 Å². The maximum atomic E-state index is 12.9. The summed E-state index contributed by atoms with van der Waals surface area (Å²) in [6, 6.07) is -0.881. The minimum absolute atomic E-state index is 0.0538. The van der Waals surface area contributed by atoms with Gasteiger partial charge in [-0.2, -0.15) is 0 Å². The van der Waals surface area contributed by atoms with Gasteiger partial charge in [0, 0.05) is 31.2 Å². The van der Waals surface area contributed by atoms with Crippen LogP contribution in [0.1, 0.15) is 72.1 Å². The lowest BCUT2D eigenvalue weighted by Crippen LogP contribution is -2.61. The highest BCUT2D eigenvalue weighted by atomic mass is 16.6. The largest absolute Gasteiger partial charge is 0.444 e. The summed E-state index contributed by atoms with van der Waals surface area (Å²) >= 11 is 0. The molecule has 0 aromatic rings. The normalized spacial score (nSPS) is 34.2. The van der Waals surface area contributed by atoms with Gasteiger partial charge in [-0.1, -0.05) is 0 Å². The van der Waals surface area contributed by atoms with Crippen LogP contribution in [-0.2, 0) is 23.9 Å². The molecule has 0 bridgehead atoms. The molecule has 0 aliphatic heterocycles. The van der Waals surface area contributed by atoms with Gasteiger partial charge in [0.05, 0.1) is 23.7 Å². The topological polar surface area (TPSA) is 155 Å². The second kappa shape index (κ2) is 10.9. The van der Waals surface area contributed by atoms with Crippen LogP contribution >= 0.6 is 0 Å². The fourth-order valence-corrected chi connectivity index (χ4v) is 5.46. The van der Waals surface area contributed by atoms with Crippen molar-refractivity contribution in [2.75, 3.05) is 7.05 Å². The molecule has 5 amide bonds. The number of alkyl carbamates (subject to hydrolysis) is 1. The lowest BCUT2D eigenvalue weighted by Gasteiger charge is -2.43. The summed E-state index contributed by atoms with van der Waals surface area (Å²) in [6.07, 6.45) is 5.24. The Kier molecular flexibility index (Phi) is 7.99. The Morgan fingerprint density at radius 1 is 0.541 bits per heavy atom. The third-order valence-corrected chi connectivity index (χ3v) is 8.38. The summed E-state index contributed by atoms with van der Waals surface area (Å²) in [5.74, 6) is -1.58. The van der Waals surface area contributed by atoms with Gasteiger partial charge in [-0.3, -0.25) is 19.2 Å². The van der Waals surface area contributed by atoms with E-state index in [1.165, 1.54) is 0 Å². The lowest BCUT2D eigenvalue weighted by atomic mass is 9.74. The molecule has 206 valence electrons. The molecule has 4 saturated carbocycles. The fourth-order valence-electron chi connectivity index (χ4n) is 5.46. The van der Waals surface area contributed by atoms with Crippen LogP contribution in [0.25, 0.3) is 0 Å². The zero-order valence-corrected chi connectivity index (χ0v) is 22.2. The average molecular weight is 520 g/mol. The van der Waals surface area contributed by atoms with Gasteiger partial charge in [-0.05, 0) is 72.1 Å². The number of ether oxygens (including phenoxy) is 1. The monoisotopic (exact) mass is 519 g/mol. The van der Waals surface area contributed by atoms with Crippen LogP contribution in [-0.4, -0.2) is 66.5 Å². The first-order valence-electron chi connectivity index (χ1n) is 13.6. The van der Waals surface area contributed by atoms with Crippen molar-refractivity contribution in [2.24, 2.45) is 23.7 Å². The van der Waals surface area contributed by atoms with Gasteiger partial charge in [0.25, 0.3) is 0 Å². The van der Waals surface area contributed by atoms with Crippen molar-refractivity contribution in [1.29, 1.82) is 0 Å². The standard InChI is InChI=1S/C26H41N5O6/c1-26(2,3)37-25(36)31-20-12-8-16(20)24(35)30-19-11-7-15(19)23(34)29-18-10-6-14(18)22(33)28-17-9-5-13(17)21(32)27-4/h13-20H,5-12H2,1-4H3,(H,27,32)(H,28,33)(H,29,34)(H,30,35)(H,31,36)/t13-,14+,15+,16+,17-,18-,19-,20-/m0/s1. The number of nitrogens with one attached hydrogen (secondary N) is 5. The van der Waals surface area contributed by atoms with Crippen LogP contribution in [0.15, 0.2) is 0 Å². The van der Waals surface area contributed by atoms with E-state index in [1.54, 1.807) is 27.8 Å². The highest BCUT2D eigenvalue weighted by molar-refractivity contribution is 5.87. The Hall–Kier alpha value is -2.85. The average Bonchev–Trinajstić information content (AvgIpc) is 2.73. The summed E-state index contributed by atoms with van der Waals surface area (Å²) in [6.45, 7) is 5.36. The zero-order valence-electron chi connectivity index (χ0n) is 22.2. The molecule has 0 saturated heterocycles. The van der Waals surface area contributed by atoms with Gasteiger partial charge >= 0.3 is 6.09 Å². The van der Waals surface area contributed by atoms with Crippen molar-refractivity contribution in [3.8, 4) is 0 Å². The predicted molar refractivity (Wildman–Crippen MR) is 134 cm³/mol. The summed E-state index contributed by atoms with van der Waals surface area (Å²) in [5, 5.41) is 14.4. The van der Waals surface area contributed by atoms with Crippen molar-refractivity contribution < 1.29 is 28.7 Å². The molecule has 4 aliphatic rings. The molecule has 0 radical (unpaired) electrons. The van der Waals surface area contributed by atoms with E-state index in [1.807, 2.05) is 0 Å². The molecule has 0 aromatic carbocycles. The smallest absolute Gasteiger partial charge is 0.407 e. The summed E-state index contributed by atoms with van der Waals surface area (Å²) in [5.41, 5.74) is -0.608. The van der Waals surface area contributed by atoms with E-state index in [0.717, 1.165) is 25.7 Å². The molecule has 0 unspecified atom stereocenters. The molecule has 5 N–H and O–H groups in total. The summed E-state index contributed by atoms with van der Waals surface area (Å²) in [4.78, 5) is 62.4. The van der Waals surface area contributed by atoms with Gasteiger partial charge in [0.1, 0.15) is 5.60 Å². The van der Waals surface area contributed by atoms with E-state index in [-0.39, 0.29) is 71.5 Å². The van der Waals surface area contributed by atoms with E-state index in [4.69, 9.17) is 4.74 Å². The Bertz CT molecular complexity index is 933. The van der Waals surface area contributed by atoms with Crippen LogP contribution < -0.4 is 26.6 Å². The van der Waals surface area contributed by atoms with E-state index in [0.29, 0.717) is 25.7 Å². The first-order valence-corrected chi connectivity index (χ1v) is 13.6. The van der Waals surface area contributed by atoms with E-state index in [9.17, 15) is 24.0 Å². The number of amides is 5. The van der Waals surface area contributed by atoms with E-state index in [2.05, 4.69) is 26.6 Å². The first-order chi connectivity index (χ1) is 17.5. The molecule has 4 rings (SSSR count). The van der Waals surface area contributed by atoms with Crippen LogP contribution in [0, 0.1) is 23.7 Å². The number of rotatable bonds is 8. The second-order valence-corrected chi connectivity index (χ2v) is 11.9. The molecular formula is C26H41N5O6. The lowest BCUT2D eigenvalue weighted by molar-refractivity contribution is -0.136. The first kappa shape index (κ1) is 27.2. The maximum absolute atomic E-state index is 12.9. The Morgan fingerprint density at radius 2 is 0.865 bits per heavy atom.